The van der Waals surface area contributed by atoms with E-state index in [4.69, 9.17) is 11.6 Å². The maximum Gasteiger partial charge on any atom is 0.124 e. The van der Waals surface area contributed by atoms with Crippen molar-refractivity contribution in [2.45, 2.75) is 19.4 Å². The highest BCUT2D eigenvalue weighted by molar-refractivity contribution is 9.10. The van der Waals surface area contributed by atoms with Crippen molar-refractivity contribution in [3.8, 4) is 0 Å². The van der Waals surface area contributed by atoms with Crippen molar-refractivity contribution in [1.82, 2.24) is 4.90 Å². The van der Waals surface area contributed by atoms with Gasteiger partial charge in [0, 0.05) is 16.9 Å². The molecule has 0 atom stereocenters. The average Bonchev–Trinajstić information content (AvgIpc) is 2.34. The van der Waals surface area contributed by atoms with Gasteiger partial charge >= 0.3 is 0 Å². The predicted molar refractivity (Wildman–Crippen MR) is 72.8 cm³/mol. The topological polar surface area (TPSA) is 3.24 Å². The molecule has 0 aromatic heterocycles. The Kier molecular flexibility index (Phi) is 4.83. The zero-order valence-corrected chi connectivity index (χ0v) is 12.0. The van der Waals surface area contributed by atoms with Gasteiger partial charge in [0.25, 0.3) is 0 Å². The fourth-order valence-corrected chi connectivity index (χ4v) is 2.97. The van der Waals surface area contributed by atoms with Crippen molar-refractivity contribution in [1.29, 1.82) is 0 Å². The number of likely N-dealkylation sites (tertiary alicyclic amines) is 1. The van der Waals surface area contributed by atoms with Gasteiger partial charge in [0.2, 0.25) is 0 Å². The van der Waals surface area contributed by atoms with E-state index in [1.54, 1.807) is 0 Å². The van der Waals surface area contributed by atoms with Gasteiger partial charge in [-0.2, -0.15) is 0 Å². The molecule has 0 saturated carbocycles. The summed E-state index contributed by atoms with van der Waals surface area (Å²) < 4.78 is 13.8. The first-order valence-corrected chi connectivity index (χ1v) is 7.24. The highest BCUT2D eigenvalue weighted by Crippen LogP contribution is 2.23. The molecule has 1 aliphatic heterocycles. The monoisotopic (exact) mass is 319 g/mol. The summed E-state index contributed by atoms with van der Waals surface area (Å²) in [6, 6.07) is 4.90. The van der Waals surface area contributed by atoms with Gasteiger partial charge in [-0.25, -0.2) is 4.39 Å². The number of hydrogen-bond acceptors (Lipinski definition) is 1. The van der Waals surface area contributed by atoms with Crippen LogP contribution in [0, 0.1) is 11.7 Å². The maximum absolute atomic E-state index is 13.0. The molecule has 0 amide bonds. The van der Waals surface area contributed by atoms with Crippen molar-refractivity contribution in [2.24, 2.45) is 5.92 Å². The minimum Gasteiger partial charge on any atom is -0.299 e. The molecule has 0 radical (unpaired) electrons. The van der Waals surface area contributed by atoms with Crippen LogP contribution in [0.1, 0.15) is 18.4 Å². The highest BCUT2D eigenvalue weighted by atomic mass is 79.9. The first-order chi connectivity index (χ1) is 8.19. The molecule has 1 nitrogen and oxygen atoms in total. The lowest BCUT2D eigenvalue weighted by Gasteiger charge is -2.31. The Morgan fingerprint density at radius 1 is 1.35 bits per heavy atom. The van der Waals surface area contributed by atoms with E-state index in [-0.39, 0.29) is 5.82 Å². The molecule has 1 aromatic carbocycles. The summed E-state index contributed by atoms with van der Waals surface area (Å²) in [4.78, 5) is 2.40. The van der Waals surface area contributed by atoms with E-state index < -0.39 is 0 Å². The van der Waals surface area contributed by atoms with Gasteiger partial charge in [-0.3, -0.25) is 4.90 Å². The lowest BCUT2D eigenvalue weighted by atomic mass is 9.98. The van der Waals surface area contributed by atoms with Gasteiger partial charge in [0.1, 0.15) is 5.82 Å². The molecule has 1 heterocycles. The van der Waals surface area contributed by atoms with Gasteiger partial charge in [0.15, 0.2) is 0 Å². The molecule has 0 N–H and O–H groups in total. The number of alkyl halides is 1. The summed E-state index contributed by atoms with van der Waals surface area (Å²) in [5, 5.41) is 0. The van der Waals surface area contributed by atoms with Crippen LogP contribution in [0.3, 0.4) is 0 Å². The third-order valence-electron chi connectivity index (χ3n) is 3.33. The molecule has 4 heteroatoms. The molecule has 1 saturated heterocycles. The molecular formula is C13H16BrClFN. The Morgan fingerprint density at radius 3 is 2.65 bits per heavy atom. The van der Waals surface area contributed by atoms with Crippen LogP contribution in [0.15, 0.2) is 22.7 Å². The molecule has 0 spiro atoms. The molecule has 1 aliphatic rings. The van der Waals surface area contributed by atoms with E-state index >= 15 is 0 Å². The Bertz CT molecular complexity index is 378. The summed E-state index contributed by atoms with van der Waals surface area (Å²) in [6.07, 6.45) is 2.34. The van der Waals surface area contributed by atoms with Crippen LogP contribution in [0.25, 0.3) is 0 Å². The average molecular weight is 321 g/mol. The number of halogens is 3. The van der Waals surface area contributed by atoms with Crippen molar-refractivity contribution in [2.75, 3.05) is 19.0 Å². The fraction of sp³-hybridized carbons (Fsp3) is 0.538. The third-order valence-corrected chi connectivity index (χ3v) is 4.51. The van der Waals surface area contributed by atoms with E-state index in [2.05, 4.69) is 20.8 Å². The van der Waals surface area contributed by atoms with Crippen LogP contribution in [-0.2, 0) is 6.54 Å². The summed E-state index contributed by atoms with van der Waals surface area (Å²) in [5.74, 6) is 1.25. The van der Waals surface area contributed by atoms with E-state index in [0.717, 1.165) is 35.6 Å². The smallest absolute Gasteiger partial charge is 0.124 e. The van der Waals surface area contributed by atoms with E-state index in [1.807, 2.05) is 6.07 Å². The number of nitrogens with zero attached hydrogens (tertiary/aromatic N) is 1. The van der Waals surface area contributed by atoms with Crippen LogP contribution in [0.2, 0.25) is 0 Å². The first kappa shape index (κ1) is 13.3. The Morgan fingerprint density at radius 2 is 2.06 bits per heavy atom. The van der Waals surface area contributed by atoms with Crippen molar-refractivity contribution in [3.05, 3.63) is 34.1 Å². The molecular weight excluding hydrogens is 305 g/mol. The van der Waals surface area contributed by atoms with Crippen LogP contribution < -0.4 is 0 Å². The Balaban J connectivity index is 1.93. The van der Waals surface area contributed by atoms with Gasteiger partial charge in [-0.1, -0.05) is 22.0 Å². The van der Waals surface area contributed by atoms with E-state index in [0.29, 0.717) is 5.92 Å². The van der Waals surface area contributed by atoms with E-state index in [9.17, 15) is 4.39 Å². The molecule has 2 rings (SSSR count). The van der Waals surface area contributed by atoms with Crippen molar-refractivity contribution in [3.63, 3.8) is 0 Å². The summed E-state index contributed by atoms with van der Waals surface area (Å²) in [5.41, 5.74) is 1.15. The second kappa shape index (κ2) is 6.17. The minimum absolute atomic E-state index is 0.193. The second-order valence-corrected chi connectivity index (χ2v) is 5.77. The van der Waals surface area contributed by atoms with Gasteiger partial charge in [-0.15, -0.1) is 11.6 Å². The van der Waals surface area contributed by atoms with Gasteiger partial charge in [-0.05, 0) is 49.5 Å². The highest BCUT2D eigenvalue weighted by Gasteiger charge is 2.18. The number of hydrogen-bond donors (Lipinski definition) is 0. The largest absolute Gasteiger partial charge is 0.299 e. The zero-order chi connectivity index (χ0) is 12.3. The Labute approximate surface area is 115 Å². The summed E-state index contributed by atoms with van der Waals surface area (Å²) >= 11 is 9.27. The molecule has 17 heavy (non-hydrogen) atoms. The maximum atomic E-state index is 13.0. The second-order valence-electron chi connectivity index (χ2n) is 4.61. The Hall–Kier alpha value is -0.120. The normalized spacial score (nSPS) is 18.5. The summed E-state index contributed by atoms with van der Waals surface area (Å²) in [7, 11) is 0. The number of benzene rings is 1. The zero-order valence-electron chi connectivity index (χ0n) is 9.63. The number of rotatable bonds is 3. The third kappa shape index (κ3) is 3.67. The van der Waals surface area contributed by atoms with Crippen molar-refractivity contribution >= 4 is 27.5 Å². The molecule has 1 fully saturated rings. The SMILES string of the molecule is Fc1ccc(CN2CCC(CCl)CC2)c(Br)c1. The lowest BCUT2D eigenvalue weighted by molar-refractivity contribution is 0.186. The molecule has 0 unspecified atom stereocenters. The van der Waals surface area contributed by atoms with Crippen LogP contribution >= 0.6 is 27.5 Å². The van der Waals surface area contributed by atoms with Crippen molar-refractivity contribution < 1.29 is 4.39 Å². The minimum atomic E-state index is -0.193. The lowest BCUT2D eigenvalue weighted by Crippen LogP contribution is -2.33. The van der Waals surface area contributed by atoms with E-state index in [1.165, 1.54) is 25.0 Å². The quantitative estimate of drug-likeness (QED) is 0.760. The van der Waals surface area contributed by atoms with Gasteiger partial charge in [0.05, 0.1) is 0 Å². The van der Waals surface area contributed by atoms with Crippen LogP contribution in [0.4, 0.5) is 4.39 Å². The summed E-state index contributed by atoms with van der Waals surface area (Å²) in [6.45, 7) is 3.05. The molecule has 94 valence electrons. The molecule has 0 aliphatic carbocycles. The number of piperidine rings is 1. The molecule has 0 bridgehead atoms. The molecule has 1 aromatic rings. The standard InChI is InChI=1S/C13H16BrClFN/c14-13-7-12(16)2-1-11(13)9-17-5-3-10(8-15)4-6-17/h1-2,7,10H,3-6,8-9H2. The first-order valence-electron chi connectivity index (χ1n) is 5.91. The fourth-order valence-electron chi connectivity index (χ4n) is 2.19. The van der Waals surface area contributed by atoms with Crippen LogP contribution in [0.5, 0.6) is 0 Å². The van der Waals surface area contributed by atoms with Gasteiger partial charge < -0.3 is 0 Å². The predicted octanol–water partition coefficient (Wildman–Crippen LogP) is 4.04. The van der Waals surface area contributed by atoms with Crippen LogP contribution in [-0.4, -0.2) is 23.9 Å².